The van der Waals surface area contributed by atoms with Crippen molar-refractivity contribution in [3.63, 3.8) is 0 Å². The normalized spacial score (nSPS) is 10.4. The minimum Gasteiger partial charge on any atom is -0.326 e. The summed E-state index contributed by atoms with van der Waals surface area (Å²) < 4.78 is 0. The summed E-state index contributed by atoms with van der Waals surface area (Å²) in [5.74, 6) is -0.0656. The summed E-state index contributed by atoms with van der Waals surface area (Å²) in [4.78, 5) is 27.0. The summed E-state index contributed by atoms with van der Waals surface area (Å²) in [6.45, 7) is 7.70. The predicted molar refractivity (Wildman–Crippen MR) is 103 cm³/mol. The van der Waals surface area contributed by atoms with Crippen LogP contribution < -0.4 is 10.9 Å². The van der Waals surface area contributed by atoms with Gasteiger partial charge in [0.2, 0.25) is 5.91 Å². The second-order valence-electron chi connectivity index (χ2n) is 6.38. The summed E-state index contributed by atoms with van der Waals surface area (Å²) in [7, 11) is 0. The maximum Gasteiger partial charge on any atom is 0.266 e. The number of anilines is 1. The Labute approximate surface area is 154 Å². The lowest BCUT2D eigenvalue weighted by Crippen LogP contribution is -2.19. The Morgan fingerprint density at radius 2 is 1.81 bits per heavy atom. The smallest absolute Gasteiger partial charge is 0.266 e. The zero-order valence-corrected chi connectivity index (χ0v) is 15.8. The summed E-state index contributed by atoms with van der Waals surface area (Å²) in [6.07, 6.45) is 2.48. The minimum atomic E-state index is -0.375. The first kappa shape index (κ1) is 19.5. The monoisotopic (exact) mass is 351 g/mol. The van der Waals surface area contributed by atoms with Gasteiger partial charge in [0, 0.05) is 17.8 Å². The van der Waals surface area contributed by atoms with Crippen molar-refractivity contribution in [1.82, 2.24) is 4.98 Å². The molecule has 5 nitrogen and oxygen atoms in total. The average Bonchev–Trinajstić information content (AvgIpc) is 2.61. The van der Waals surface area contributed by atoms with Gasteiger partial charge < -0.3 is 10.3 Å². The van der Waals surface area contributed by atoms with Gasteiger partial charge in [0.15, 0.2) is 0 Å². The molecular weight excluding hydrogens is 326 g/mol. The molecule has 0 aliphatic rings. The van der Waals surface area contributed by atoms with Crippen molar-refractivity contribution in [3.05, 3.63) is 62.1 Å². The highest BCUT2D eigenvalue weighted by Gasteiger charge is 2.15. The van der Waals surface area contributed by atoms with E-state index < -0.39 is 0 Å². The van der Waals surface area contributed by atoms with E-state index in [2.05, 4.69) is 24.1 Å². The van der Waals surface area contributed by atoms with Crippen LogP contribution in [0.2, 0.25) is 0 Å². The molecule has 136 valence electrons. The zero-order valence-electron chi connectivity index (χ0n) is 15.8. The van der Waals surface area contributed by atoms with Gasteiger partial charge in [-0.05, 0) is 55.4 Å². The Morgan fingerprint density at radius 3 is 2.35 bits per heavy atom. The second-order valence-corrected chi connectivity index (χ2v) is 6.38. The van der Waals surface area contributed by atoms with Gasteiger partial charge in [0.05, 0.1) is 0 Å². The molecule has 0 fully saturated rings. The van der Waals surface area contributed by atoms with E-state index in [1.165, 1.54) is 0 Å². The molecule has 2 aromatic rings. The SMILES string of the molecule is CCc1cccc(CC)c1NC(=O)CCc1c(C)[nH]c(=O)c(C#N)c1C. The summed E-state index contributed by atoms with van der Waals surface area (Å²) >= 11 is 0. The average molecular weight is 351 g/mol. The van der Waals surface area contributed by atoms with Crippen LogP contribution in [0, 0.1) is 25.2 Å². The number of nitriles is 1. The Kier molecular flexibility index (Phi) is 6.35. The lowest BCUT2D eigenvalue weighted by atomic mass is 9.98. The number of nitrogens with zero attached hydrogens (tertiary/aromatic N) is 1. The molecule has 1 aromatic heterocycles. The highest BCUT2D eigenvalue weighted by Crippen LogP contribution is 2.23. The van der Waals surface area contributed by atoms with Crippen LogP contribution in [-0.2, 0) is 24.1 Å². The number of para-hydroxylation sites is 1. The molecule has 0 aliphatic carbocycles. The van der Waals surface area contributed by atoms with Crippen LogP contribution >= 0.6 is 0 Å². The fraction of sp³-hybridized carbons (Fsp3) is 0.381. The summed E-state index contributed by atoms with van der Waals surface area (Å²) in [5, 5.41) is 12.2. The number of H-pyrrole nitrogens is 1. The third kappa shape index (κ3) is 4.02. The molecule has 0 saturated carbocycles. The number of hydrogen-bond donors (Lipinski definition) is 2. The van der Waals surface area contributed by atoms with E-state index in [4.69, 9.17) is 5.26 Å². The van der Waals surface area contributed by atoms with E-state index in [0.29, 0.717) is 24.1 Å². The van der Waals surface area contributed by atoms with Gasteiger partial charge in [-0.2, -0.15) is 5.26 Å². The molecule has 0 aliphatic heterocycles. The number of aromatic nitrogens is 1. The number of nitrogens with one attached hydrogen (secondary N) is 2. The largest absolute Gasteiger partial charge is 0.326 e. The molecule has 0 atom stereocenters. The van der Waals surface area contributed by atoms with Crippen molar-refractivity contribution in [1.29, 1.82) is 5.26 Å². The molecule has 26 heavy (non-hydrogen) atoms. The van der Waals surface area contributed by atoms with Crippen LogP contribution in [0.1, 0.15) is 53.8 Å². The number of hydrogen-bond acceptors (Lipinski definition) is 3. The van der Waals surface area contributed by atoms with Gasteiger partial charge in [-0.3, -0.25) is 9.59 Å². The third-order valence-corrected chi connectivity index (χ3v) is 4.79. The zero-order chi connectivity index (χ0) is 19.3. The topological polar surface area (TPSA) is 85.8 Å². The van der Waals surface area contributed by atoms with Crippen LogP contribution in [-0.4, -0.2) is 10.9 Å². The van der Waals surface area contributed by atoms with Crippen LogP contribution in [0.4, 0.5) is 5.69 Å². The number of pyridine rings is 1. The third-order valence-electron chi connectivity index (χ3n) is 4.79. The van der Waals surface area contributed by atoms with Crippen LogP contribution in [0.3, 0.4) is 0 Å². The molecule has 0 radical (unpaired) electrons. The number of amides is 1. The first-order valence-electron chi connectivity index (χ1n) is 8.95. The summed E-state index contributed by atoms with van der Waals surface area (Å²) in [6, 6.07) is 8.03. The van der Waals surface area contributed by atoms with E-state index in [9.17, 15) is 9.59 Å². The van der Waals surface area contributed by atoms with Crippen LogP contribution in [0.15, 0.2) is 23.0 Å². The van der Waals surface area contributed by atoms with E-state index in [1.807, 2.05) is 24.3 Å². The lowest BCUT2D eigenvalue weighted by Gasteiger charge is -2.15. The Hall–Kier alpha value is -2.87. The number of benzene rings is 1. The van der Waals surface area contributed by atoms with Crippen molar-refractivity contribution < 1.29 is 4.79 Å². The molecule has 1 aromatic carbocycles. The number of aryl methyl sites for hydroxylation is 3. The van der Waals surface area contributed by atoms with Crippen molar-refractivity contribution in [2.75, 3.05) is 5.32 Å². The van der Waals surface area contributed by atoms with E-state index in [-0.39, 0.29) is 17.0 Å². The van der Waals surface area contributed by atoms with E-state index in [0.717, 1.165) is 35.2 Å². The molecule has 0 bridgehead atoms. The summed E-state index contributed by atoms with van der Waals surface area (Å²) in [5.41, 5.74) is 5.13. The van der Waals surface area contributed by atoms with Gasteiger partial charge in [-0.25, -0.2) is 0 Å². The fourth-order valence-corrected chi connectivity index (χ4v) is 3.26. The second kappa shape index (κ2) is 8.48. The quantitative estimate of drug-likeness (QED) is 0.834. The molecule has 1 heterocycles. The van der Waals surface area contributed by atoms with Gasteiger partial charge >= 0.3 is 0 Å². The predicted octanol–water partition coefficient (Wildman–Crippen LogP) is 3.56. The molecule has 0 spiro atoms. The first-order valence-corrected chi connectivity index (χ1v) is 8.95. The van der Waals surface area contributed by atoms with Gasteiger partial charge in [0.25, 0.3) is 5.56 Å². The molecular formula is C21H25N3O2. The highest BCUT2D eigenvalue weighted by molar-refractivity contribution is 5.92. The van der Waals surface area contributed by atoms with Gasteiger partial charge in [0.1, 0.15) is 11.6 Å². The maximum absolute atomic E-state index is 12.5. The van der Waals surface area contributed by atoms with Crippen molar-refractivity contribution in [3.8, 4) is 6.07 Å². The van der Waals surface area contributed by atoms with E-state index in [1.54, 1.807) is 13.8 Å². The molecule has 5 heteroatoms. The fourth-order valence-electron chi connectivity index (χ4n) is 3.26. The molecule has 2 N–H and O–H groups in total. The number of carbonyl (C=O) groups is 1. The number of carbonyl (C=O) groups excluding carboxylic acids is 1. The minimum absolute atomic E-state index is 0.0656. The molecule has 0 saturated heterocycles. The Bertz CT molecular complexity index is 898. The molecule has 0 unspecified atom stereocenters. The number of aromatic amines is 1. The Morgan fingerprint density at radius 1 is 1.19 bits per heavy atom. The van der Waals surface area contributed by atoms with Crippen LogP contribution in [0.5, 0.6) is 0 Å². The van der Waals surface area contributed by atoms with Gasteiger partial charge in [-0.15, -0.1) is 0 Å². The van der Waals surface area contributed by atoms with Gasteiger partial charge in [-0.1, -0.05) is 32.0 Å². The van der Waals surface area contributed by atoms with Crippen molar-refractivity contribution >= 4 is 11.6 Å². The molecule has 2 rings (SSSR count). The van der Waals surface area contributed by atoms with E-state index >= 15 is 0 Å². The first-order chi connectivity index (χ1) is 12.4. The molecule has 1 amide bonds. The lowest BCUT2D eigenvalue weighted by molar-refractivity contribution is -0.116. The maximum atomic E-state index is 12.5. The Balaban J connectivity index is 2.19. The highest BCUT2D eigenvalue weighted by atomic mass is 16.1. The van der Waals surface area contributed by atoms with Crippen molar-refractivity contribution in [2.24, 2.45) is 0 Å². The van der Waals surface area contributed by atoms with Crippen LogP contribution in [0.25, 0.3) is 0 Å². The number of rotatable bonds is 6. The van der Waals surface area contributed by atoms with Crippen molar-refractivity contribution in [2.45, 2.75) is 53.4 Å². The standard InChI is InChI=1S/C21H25N3O2/c1-5-15-8-7-9-16(6-2)20(15)24-19(25)11-10-17-13(3)18(12-22)21(26)23-14(17)4/h7-9H,5-6,10-11H2,1-4H3,(H,23,26)(H,24,25).